The zero-order valence-electron chi connectivity index (χ0n) is 14.7. The average molecular weight is 290 g/mol. The number of rotatable bonds is 1. The predicted molar refractivity (Wildman–Crippen MR) is 86.8 cm³/mol. The summed E-state index contributed by atoms with van der Waals surface area (Å²) in [6.07, 6.45) is 8.15. The fourth-order valence-electron chi connectivity index (χ4n) is 7.61. The minimum absolute atomic E-state index is 0.354. The predicted octanol–water partition coefficient (Wildman–Crippen LogP) is 4.88. The van der Waals surface area contributed by atoms with Crippen molar-refractivity contribution >= 4 is 0 Å². The van der Waals surface area contributed by atoms with Crippen molar-refractivity contribution in [3.63, 3.8) is 0 Å². The van der Waals surface area contributed by atoms with E-state index in [-0.39, 0.29) is 5.60 Å². The van der Waals surface area contributed by atoms with E-state index < -0.39 is 0 Å². The molecule has 1 N–H and O–H groups in total. The van der Waals surface area contributed by atoms with Gasteiger partial charge in [-0.1, -0.05) is 27.7 Å². The lowest BCUT2D eigenvalue weighted by atomic mass is 9.50. The molecular weight excluding hydrogens is 256 g/mol. The van der Waals surface area contributed by atoms with Crippen LogP contribution in [-0.4, -0.2) is 10.7 Å². The summed E-state index contributed by atoms with van der Waals surface area (Å²) < 4.78 is 0. The largest absolute Gasteiger partial charge is 0.390 e. The lowest BCUT2D eigenvalue weighted by molar-refractivity contribution is -0.138. The third kappa shape index (κ3) is 1.73. The van der Waals surface area contributed by atoms with Gasteiger partial charge in [-0.3, -0.25) is 0 Å². The Kier molecular flexibility index (Phi) is 2.82. The smallest absolute Gasteiger partial charge is 0.0653 e. The van der Waals surface area contributed by atoms with Gasteiger partial charge in [0.2, 0.25) is 0 Å². The first-order valence-electron chi connectivity index (χ1n) is 9.40. The van der Waals surface area contributed by atoms with Gasteiger partial charge in [0.25, 0.3) is 0 Å². The summed E-state index contributed by atoms with van der Waals surface area (Å²) in [7, 11) is 0. The van der Waals surface area contributed by atoms with Crippen molar-refractivity contribution in [1.82, 2.24) is 0 Å². The van der Waals surface area contributed by atoms with Crippen LogP contribution >= 0.6 is 0 Å². The average Bonchev–Trinajstić information content (AvgIpc) is 2.84. The van der Waals surface area contributed by atoms with Crippen LogP contribution in [0.1, 0.15) is 73.1 Å². The Balaban J connectivity index is 1.72. The van der Waals surface area contributed by atoms with Gasteiger partial charge < -0.3 is 5.11 Å². The minimum Gasteiger partial charge on any atom is -0.390 e. The van der Waals surface area contributed by atoms with Crippen LogP contribution in [0.4, 0.5) is 0 Å². The molecule has 0 aromatic carbocycles. The molecule has 8 atom stereocenters. The quantitative estimate of drug-likeness (QED) is 0.729. The Bertz CT molecular complexity index is 453. The summed E-state index contributed by atoms with van der Waals surface area (Å²) in [4.78, 5) is 0. The number of hydrogen-bond acceptors (Lipinski definition) is 1. The Labute approximate surface area is 130 Å². The van der Waals surface area contributed by atoms with Crippen molar-refractivity contribution in [2.24, 2.45) is 46.3 Å². The minimum atomic E-state index is -0.354. The van der Waals surface area contributed by atoms with Gasteiger partial charge in [0.05, 0.1) is 5.60 Å². The van der Waals surface area contributed by atoms with E-state index in [2.05, 4.69) is 34.6 Å². The van der Waals surface area contributed by atoms with Crippen molar-refractivity contribution in [3.05, 3.63) is 0 Å². The third-order valence-corrected chi connectivity index (χ3v) is 8.74. The van der Waals surface area contributed by atoms with E-state index in [0.29, 0.717) is 16.7 Å². The lowest BCUT2D eigenvalue weighted by Crippen LogP contribution is -2.54. The Hall–Kier alpha value is -0.0400. The first-order valence-corrected chi connectivity index (χ1v) is 9.40. The van der Waals surface area contributed by atoms with Gasteiger partial charge in [0.15, 0.2) is 0 Å². The molecule has 4 saturated carbocycles. The summed E-state index contributed by atoms with van der Waals surface area (Å²) in [5.74, 6) is 5.03. The Morgan fingerprint density at radius 3 is 2.19 bits per heavy atom. The third-order valence-electron chi connectivity index (χ3n) is 8.74. The SMILES string of the molecule is CC(C)[C@@H]1CC[C@]2(C)CC[C@@]3(C)C[C@@H]4[C@@H](C[C@]4(C)O)[C@@H]3[C@@H]12. The van der Waals surface area contributed by atoms with E-state index in [1.54, 1.807) is 0 Å². The number of hydrogen-bond donors (Lipinski definition) is 1. The van der Waals surface area contributed by atoms with Crippen molar-refractivity contribution in [2.45, 2.75) is 78.7 Å². The molecule has 0 saturated heterocycles. The van der Waals surface area contributed by atoms with Crippen LogP contribution in [0.15, 0.2) is 0 Å². The van der Waals surface area contributed by atoms with Gasteiger partial charge in [0.1, 0.15) is 0 Å². The molecule has 0 bridgehead atoms. The van der Waals surface area contributed by atoms with Crippen LogP contribution in [0.25, 0.3) is 0 Å². The Morgan fingerprint density at radius 2 is 1.57 bits per heavy atom. The van der Waals surface area contributed by atoms with Gasteiger partial charge >= 0.3 is 0 Å². The van der Waals surface area contributed by atoms with Crippen molar-refractivity contribution in [3.8, 4) is 0 Å². The van der Waals surface area contributed by atoms with Crippen LogP contribution in [0.2, 0.25) is 0 Å². The summed E-state index contributed by atoms with van der Waals surface area (Å²) in [6, 6.07) is 0. The normalized spacial score (nSPS) is 62.1. The van der Waals surface area contributed by atoms with Gasteiger partial charge in [-0.25, -0.2) is 0 Å². The van der Waals surface area contributed by atoms with Crippen LogP contribution in [0, 0.1) is 46.3 Å². The second-order valence-electron chi connectivity index (χ2n) is 10.3. The topological polar surface area (TPSA) is 20.2 Å². The molecule has 0 aromatic heterocycles. The molecule has 21 heavy (non-hydrogen) atoms. The molecule has 120 valence electrons. The molecule has 0 unspecified atom stereocenters. The number of aliphatic hydroxyl groups is 1. The van der Waals surface area contributed by atoms with Gasteiger partial charge in [0, 0.05) is 0 Å². The first-order chi connectivity index (χ1) is 9.68. The molecule has 0 radical (unpaired) electrons. The maximum atomic E-state index is 10.6. The number of fused-ring (bicyclic) bond motifs is 5. The summed E-state index contributed by atoms with van der Waals surface area (Å²) >= 11 is 0. The maximum Gasteiger partial charge on any atom is 0.0653 e. The van der Waals surface area contributed by atoms with E-state index in [1.807, 2.05) is 0 Å². The van der Waals surface area contributed by atoms with Crippen LogP contribution in [0.5, 0.6) is 0 Å². The molecule has 0 aliphatic heterocycles. The molecule has 1 heteroatoms. The summed E-state index contributed by atoms with van der Waals surface area (Å²) in [5, 5.41) is 10.6. The zero-order chi connectivity index (χ0) is 15.2. The molecule has 4 aliphatic rings. The summed E-state index contributed by atoms with van der Waals surface area (Å²) in [5.41, 5.74) is 0.778. The zero-order valence-corrected chi connectivity index (χ0v) is 14.7. The molecular formula is C20H34O. The van der Waals surface area contributed by atoms with E-state index in [1.165, 1.54) is 32.1 Å². The second-order valence-corrected chi connectivity index (χ2v) is 10.3. The van der Waals surface area contributed by atoms with Crippen LogP contribution in [0.3, 0.4) is 0 Å². The Morgan fingerprint density at radius 1 is 0.905 bits per heavy atom. The fourth-order valence-corrected chi connectivity index (χ4v) is 7.61. The maximum absolute atomic E-state index is 10.6. The molecule has 4 fully saturated rings. The molecule has 0 heterocycles. The molecule has 0 aromatic rings. The van der Waals surface area contributed by atoms with Gasteiger partial charge in [-0.15, -0.1) is 0 Å². The van der Waals surface area contributed by atoms with Gasteiger partial charge in [-0.05, 0) is 91.8 Å². The molecule has 0 spiro atoms. The van der Waals surface area contributed by atoms with Crippen molar-refractivity contribution in [2.75, 3.05) is 0 Å². The highest BCUT2D eigenvalue weighted by molar-refractivity contribution is 5.18. The highest BCUT2D eigenvalue weighted by Gasteiger charge is 2.69. The van der Waals surface area contributed by atoms with E-state index >= 15 is 0 Å². The van der Waals surface area contributed by atoms with Crippen molar-refractivity contribution < 1.29 is 5.11 Å². The fraction of sp³-hybridized carbons (Fsp3) is 1.00. The lowest BCUT2D eigenvalue weighted by Gasteiger charge is -2.56. The van der Waals surface area contributed by atoms with Crippen LogP contribution < -0.4 is 0 Å². The highest BCUT2D eigenvalue weighted by atomic mass is 16.3. The van der Waals surface area contributed by atoms with Crippen molar-refractivity contribution in [1.29, 1.82) is 0 Å². The standard InChI is InChI=1S/C20H34O/c1-12(2)13-6-7-18(3)8-9-19(4)11-15-14(10-20(15,5)21)17(19)16(13)18/h12-17,21H,6-11H2,1-5H3/t13-,14+,15+,16+,17+,18+,19-,20-/m0/s1. The molecule has 1 nitrogen and oxygen atoms in total. The second kappa shape index (κ2) is 4.08. The van der Waals surface area contributed by atoms with E-state index in [4.69, 9.17) is 0 Å². The monoisotopic (exact) mass is 290 g/mol. The van der Waals surface area contributed by atoms with E-state index in [9.17, 15) is 5.11 Å². The van der Waals surface area contributed by atoms with Gasteiger partial charge in [-0.2, -0.15) is 0 Å². The van der Waals surface area contributed by atoms with E-state index in [0.717, 1.165) is 36.0 Å². The summed E-state index contributed by atoms with van der Waals surface area (Å²) in [6.45, 7) is 12.2. The molecule has 0 amide bonds. The first kappa shape index (κ1) is 14.5. The molecule has 4 aliphatic carbocycles. The molecule has 4 rings (SSSR count). The van der Waals surface area contributed by atoms with Crippen LogP contribution in [-0.2, 0) is 0 Å². The highest BCUT2D eigenvalue weighted by Crippen LogP contribution is 2.74.